The summed E-state index contributed by atoms with van der Waals surface area (Å²) in [5, 5.41) is 10.0. The van der Waals surface area contributed by atoms with Crippen LogP contribution in [0.25, 0.3) is 21.8 Å². The van der Waals surface area contributed by atoms with Gasteiger partial charge < -0.3 is 9.47 Å². The molecule has 8 nitrogen and oxygen atoms in total. The summed E-state index contributed by atoms with van der Waals surface area (Å²) in [6.45, 7) is 11.0. The highest BCUT2D eigenvalue weighted by Gasteiger charge is 2.20. The van der Waals surface area contributed by atoms with Crippen molar-refractivity contribution in [3.63, 3.8) is 0 Å². The molecule has 0 saturated carbocycles. The SMILES string of the molecule is C.CC(C)(C)OC(=O)n1cc2ccc(Br)cc2n1.CC(C)(C)OC(=O)n1ncc2ccc(Br)cc21. The number of hydrogen-bond acceptors (Lipinski definition) is 6. The summed E-state index contributed by atoms with van der Waals surface area (Å²) in [7, 11) is 0. The molecule has 35 heavy (non-hydrogen) atoms. The summed E-state index contributed by atoms with van der Waals surface area (Å²) >= 11 is 6.73. The van der Waals surface area contributed by atoms with Gasteiger partial charge in [0, 0.05) is 25.9 Å². The fourth-order valence-corrected chi connectivity index (χ4v) is 3.53. The zero-order valence-electron chi connectivity index (χ0n) is 19.8. The smallest absolute Gasteiger partial charge is 0.435 e. The van der Waals surface area contributed by atoms with E-state index in [4.69, 9.17) is 9.47 Å². The molecule has 0 saturated heterocycles. The number of aromatic nitrogens is 4. The first-order valence-corrected chi connectivity index (χ1v) is 12.1. The lowest BCUT2D eigenvalue weighted by Gasteiger charge is -2.19. The summed E-state index contributed by atoms with van der Waals surface area (Å²) in [6, 6.07) is 11.3. The van der Waals surface area contributed by atoms with Crippen LogP contribution in [-0.4, -0.2) is 42.9 Å². The van der Waals surface area contributed by atoms with Crippen LogP contribution in [0.5, 0.6) is 0 Å². The van der Waals surface area contributed by atoms with E-state index in [-0.39, 0.29) is 7.43 Å². The Kier molecular flexibility index (Phi) is 8.89. The van der Waals surface area contributed by atoms with Gasteiger partial charge >= 0.3 is 12.2 Å². The number of benzene rings is 2. The number of nitrogens with zero attached hydrogens (tertiary/aromatic N) is 4. The van der Waals surface area contributed by atoms with E-state index in [9.17, 15) is 9.59 Å². The van der Waals surface area contributed by atoms with Crippen LogP contribution in [-0.2, 0) is 9.47 Å². The number of carbonyl (C=O) groups excluding carboxylic acids is 2. The van der Waals surface area contributed by atoms with Crippen LogP contribution in [0.1, 0.15) is 49.0 Å². The number of hydrogen-bond donors (Lipinski definition) is 0. The van der Waals surface area contributed by atoms with E-state index in [0.717, 1.165) is 30.8 Å². The maximum absolute atomic E-state index is 11.9. The van der Waals surface area contributed by atoms with E-state index in [1.54, 1.807) is 12.4 Å². The zero-order chi connectivity index (χ0) is 25.3. The first-order valence-electron chi connectivity index (χ1n) is 10.5. The first kappa shape index (κ1) is 28.5. The van der Waals surface area contributed by atoms with E-state index in [1.165, 1.54) is 9.36 Å². The summed E-state index contributed by atoms with van der Waals surface area (Å²) in [6.07, 6.45) is 2.37. The van der Waals surface area contributed by atoms with Gasteiger partial charge in [-0.2, -0.15) is 19.6 Å². The molecule has 0 unspecified atom stereocenters. The molecule has 2 aromatic heterocycles. The Morgan fingerprint density at radius 1 is 0.829 bits per heavy atom. The molecule has 4 aromatic rings. The van der Waals surface area contributed by atoms with Crippen LogP contribution in [0.15, 0.2) is 57.7 Å². The van der Waals surface area contributed by atoms with Gasteiger partial charge in [-0.3, -0.25) is 0 Å². The monoisotopic (exact) mass is 608 g/mol. The lowest BCUT2D eigenvalue weighted by atomic mass is 10.2. The number of ether oxygens (including phenoxy) is 2. The Morgan fingerprint density at radius 3 is 1.97 bits per heavy atom. The lowest BCUT2D eigenvalue weighted by Crippen LogP contribution is -2.27. The van der Waals surface area contributed by atoms with Crippen LogP contribution in [0.4, 0.5) is 9.59 Å². The highest BCUT2D eigenvalue weighted by molar-refractivity contribution is 9.10. The van der Waals surface area contributed by atoms with Crippen molar-refractivity contribution in [3.05, 3.63) is 57.7 Å². The van der Waals surface area contributed by atoms with Crippen LogP contribution >= 0.6 is 31.9 Å². The number of fused-ring (bicyclic) bond motifs is 2. The highest BCUT2D eigenvalue weighted by atomic mass is 79.9. The lowest BCUT2D eigenvalue weighted by molar-refractivity contribution is 0.0507. The highest BCUT2D eigenvalue weighted by Crippen LogP contribution is 2.21. The van der Waals surface area contributed by atoms with Gasteiger partial charge in [0.05, 0.1) is 17.2 Å². The Bertz CT molecular complexity index is 1340. The maximum Gasteiger partial charge on any atom is 0.435 e. The Balaban J connectivity index is 0.000000240. The Morgan fingerprint density at radius 2 is 1.37 bits per heavy atom. The first-order chi connectivity index (χ1) is 15.7. The van der Waals surface area contributed by atoms with E-state index in [2.05, 4.69) is 42.1 Å². The van der Waals surface area contributed by atoms with E-state index < -0.39 is 23.4 Å². The number of rotatable bonds is 0. The average molecular weight is 610 g/mol. The summed E-state index contributed by atoms with van der Waals surface area (Å²) in [5.74, 6) is 0. The summed E-state index contributed by atoms with van der Waals surface area (Å²) < 4.78 is 14.8. The normalized spacial score (nSPS) is 11.4. The maximum atomic E-state index is 11.9. The number of halogens is 2. The third kappa shape index (κ3) is 7.90. The minimum absolute atomic E-state index is 0. The molecule has 10 heteroatoms. The van der Waals surface area contributed by atoms with Gasteiger partial charge in [-0.1, -0.05) is 51.4 Å². The van der Waals surface area contributed by atoms with Gasteiger partial charge in [0.25, 0.3) is 0 Å². The van der Waals surface area contributed by atoms with Gasteiger partial charge in [-0.05, 0) is 65.8 Å². The molecule has 0 bridgehead atoms. The Hall–Kier alpha value is -2.72. The van der Waals surface area contributed by atoms with Crippen molar-refractivity contribution >= 4 is 65.9 Å². The van der Waals surface area contributed by atoms with Crippen molar-refractivity contribution in [1.82, 2.24) is 19.6 Å². The molecular weight excluding hydrogens is 580 g/mol. The van der Waals surface area contributed by atoms with Crippen molar-refractivity contribution in [3.8, 4) is 0 Å². The molecule has 4 rings (SSSR count). The molecule has 0 amide bonds. The molecule has 0 N–H and O–H groups in total. The topological polar surface area (TPSA) is 88.2 Å². The van der Waals surface area contributed by atoms with Crippen LogP contribution in [0.3, 0.4) is 0 Å². The van der Waals surface area contributed by atoms with E-state index in [0.29, 0.717) is 0 Å². The summed E-state index contributed by atoms with van der Waals surface area (Å²) in [4.78, 5) is 23.7. The third-order valence-electron chi connectivity index (χ3n) is 4.15. The second kappa shape index (κ2) is 10.9. The molecule has 0 spiro atoms. The average Bonchev–Trinajstić information content (AvgIpc) is 3.29. The van der Waals surface area contributed by atoms with E-state index in [1.807, 2.05) is 77.9 Å². The zero-order valence-corrected chi connectivity index (χ0v) is 23.0. The molecule has 2 aromatic carbocycles. The van der Waals surface area contributed by atoms with E-state index >= 15 is 0 Å². The minimum atomic E-state index is -0.526. The second-order valence-corrected chi connectivity index (χ2v) is 11.3. The largest absolute Gasteiger partial charge is 0.442 e. The molecule has 2 heterocycles. The molecule has 0 aliphatic carbocycles. The third-order valence-corrected chi connectivity index (χ3v) is 5.14. The van der Waals surface area contributed by atoms with Gasteiger partial charge in [0.2, 0.25) is 0 Å². The van der Waals surface area contributed by atoms with Crippen LogP contribution in [0, 0.1) is 0 Å². The molecule has 0 radical (unpaired) electrons. The fraction of sp³-hybridized carbons (Fsp3) is 0.360. The van der Waals surface area contributed by atoms with Gasteiger partial charge in [-0.25, -0.2) is 9.59 Å². The Labute approximate surface area is 221 Å². The van der Waals surface area contributed by atoms with Crippen molar-refractivity contribution < 1.29 is 19.1 Å². The van der Waals surface area contributed by atoms with Crippen molar-refractivity contribution in [2.24, 2.45) is 0 Å². The predicted octanol–water partition coefficient (Wildman–Crippen LogP) is 7.80. The molecule has 0 aliphatic heterocycles. The molecule has 0 atom stereocenters. The van der Waals surface area contributed by atoms with Crippen molar-refractivity contribution in [2.45, 2.75) is 60.2 Å². The predicted molar refractivity (Wildman–Crippen MR) is 145 cm³/mol. The van der Waals surface area contributed by atoms with Crippen molar-refractivity contribution in [2.75, 3.05) is 0 Å². The molecule has 0 aliphatic rings. The van der Waals surface area contributed by atoms with Gasteiger partial charge in [0.15, 0.2) is 0 Å². The van der Waals surface area contributed by atoms with Gasteiger partial charge in [-0.15, -0.1) is 0 Å². The van der Waals surface area contributed by atoms with Crippen LogP contribution < -0.4 is 0 Å². The summed E-state index contributed by atoms with van der Waals surface area (Å²) in [5.41, 5.74) is 0.441. The van der Waals surface area contributed by atoms with Crippen molar-refractivity contribution in [1.29, 1.82) is 0 Å². The number of carbonyl (C=O) groups is 2. The molecular formula is C25H30Br2N4O4. The standard InChI is InChI=1S/2C12H13BrN2O2.CH4/c1-12(2,3)17-11(16)15-7-8-4-5-9(13)6-10(8)14-15;1-12(2,3)17-11(16)15-10-6-9(13)5-4-8(10)7-14-15;/h2*4-7H,1-3H3;1H4. The molecule has 188 valence electrons. The van der Waals surface area contributed by atoms with Crippen LogP contribution in [0.2, 0.25) is 0 Å². The second-order valence-electron chi connectivity index (χ2n) is 9.50. The fourth-order valence-electron chi connectivity index (χ4n) is 2.83. The minimum Gasteiger partial charge on any atom is -0.442 e. The molecule has 0 fully saturated rings. The quantitative estimate of drug-likeness (QED) is 0.202. The van der Waals surface area contributed by atoms with Gasteiger partial charge in [0.1, 0.15) is 11.2 Å².